The number of anilines is 3. The second kappa shape index (κ2) is 12.1. The molecule has 0 fully saturated rings. The lowest BCUT2D eigenvalue weighted by molar-refractivity contribution is 0.620. The molecule has 0 aliphatic carbocycles. The SMILES string of the molecule is c1ccc(-c2ccc(N(c3ccc4c(c3)oc3cc5nc(-c6ccccc6)oc5cc34)c3ccc4c(c3)c3ccccc3n4-c3ccccc3)cc2)cc1. The van der Waals surface area contributed by atoms with Crippen LogP contribution in [0.25, 0.3) is 83.1 Å². The molecule has 54 heavy (non-hydrogen) atoms. The van der Waals surface area contributed by atoms with Crippen molar-refractivity contribution >= 4 is 71.9 Å². The summed E-state index contributed by atoms with van der Waals surface area (Å²) in [6.07, 6.45) is 0. The molecule has 0 spiro atoms. The highest BCUT2D eigenvalue weighted by Gasteiger charge is 2.20. The number of oxazole rings is 1. The average Bonchev–Trinajstić information content (AvgIpc) is 3.92. The lowest BCUT2D eigenvalue weighted by Gasteiger charge is -2.26. The summed E-state index contributed by atoms with van der Waals surface area (Å²) in [7, 11) is 0. The summed E-state index contributed by atoms with van der Waals surface area (Å²) in [6, 6.07) is 65.8. The molecule has 0 bridgehead atoms. The second-order valence-corrected chi connectivity index (χ2v) is 13.6. The maximum absolute atomic E-state index is 6.58. The van der Waals surface area contributed by atoms with Crippen molar-refractivity contribution in [3.63, 3.8) is 0 Å². The van der Waals surface area contributed by atoms with Crippen molar-refractivity contribution in [2.45, 2.75) is 0 Å². The van der Waals surface area contributed by atoms with Gasteiger partial charge in [-0.1, -0.05) is 97.1 Å². The van der Waals surface area contributed by atoms with Gasteiger partial charge in [0.1, 0.15) is 16.7 Å². The summed E-state index contributed by atoms with van der Waals surface area (Å²) in [6.45, 7) is 0. The van der Waals surface area contributed by atoms with Gasteiger partial charge in [-0.15, -0.1) is 0 Å². The molecule has 0 atom stereocenters. The lowest BCUT2D eigenvalue weighted by atomic mass is 10.0. The van der Waals surface area contributed by atoms with Gasteiger partial charge in [0.25, 0.3) is 0 Å². The van der Waals surface area contributed by atoms with Crippen LogP contribution < -0.4 is 4.90 Å². The van der Waals surface area contributed by atoms with Crippen LogP contribution in [0.1, 0.15) is 0 Å². The number of nitrogens with zero attached hydrogens (tertiary/aromatic N) is 3. The van der Waals surface area contributed by atoms with E-state index in [0.717, 1.165) is 66.9 Å². The van der Waals surface area contributed by atoms with Crippen molar-refractivity contribution in [2.75, 3.05) is 4.90 Å². The first kappa shape index (κ1) is 30.3. The maximum atomic E-state index is 6.58. The fraction of sp³-hybridized carbons (Fsp3) is 0. The van der Waals surface area contributed by atoms with Crippen LogP contribution in [0.15, 0.2) is 197 Å². The van der Waals surface area contributed by atoms with Crippen LogP contribution in [0.4, 0.5) is 17.1 Å². The van der Waals surface area contributed by atoms with E-state index in [1.54, 1.807) is 0 Å². The summed E-state index contributed by atoms with van der Waals surface area (Å²) in [5, 5.41) is 4.41. The fourth-order valence-electron chi connectivity index (χ4n) is 7.87. The zero-order valence-electron chi connectivity index (χ0n) is 29.1. The average molecular weight is 694 g/mol. The number of benzene rings is 8. The highest BCUT2D eigenvalue weighted by atomic mass is 16.4. The first-order valence-corrected chi connectivity index (χ1v) is 18.1. The predicted octanol–water partition coefficient (Wildman–Crippen LogP) is 13.6. The molecule has 11 rings (SSSR count). The molecule has 0 unspecified atom stereocenters. The molecule has 0 aliphatic heterocycles. The van der Waals surface area contributed by atoms with Crippen molar-refractivity contribution in [3.8, 4) is 28.3 Å². The van der Waals surface area contributed by atoms with Gasteiger partial charge in [-0.25, -0.2) is 4.98 Å². The third-order valence-corrected chi connectivity index (χ3v) is 10.4. The van der Waals surface area contributed by atoms with Crippen molar-refractivity contribution in [1.82, 2.24) is 9.55 Å². The van der Waals surface area contributed by atoms with E-state index < -0.39 is 0 Å². The van der Waals surface area contributed by atoms with Gasteiger partial charge < -0.3 is 18.3 Å². The highest BCUT2D eigenvalue weighted by molar-refractivity contribution is 6.12. The minimum Gasteiger partial charge on any atom is -0.456 e. The molecule has 8 aromatic carbocycles. The predicted molar refractivity (Wildman–Crippen MR) is 221 cm³/mol. The Labute approximate surface area is 310 Å². The van der Waals surface area contributed by atoms with Crippen molar-refractivity contribution in [2.24, 2.45) is 0 Å². The number of aromatic nitrogens is 2. The first-order chi connectivity index (χ1) is 26.7. The molecule has 0 N–H and O–H groups in total. The number of hydrogen-bond donors (Lipinski definition) is 0. The van der Waals surface area contributed by atoms with E-state index in [9.17, 15) is 0 Å². The number of hydrogen-bond acceptors (Lipinski definition) is 4. The molecule has 0 saturated heterocycles. The van der Waals surface area contributed by atoms with Gasteiger partial charge in [0.2, 0.25) is 5.89 Å². The molecule has 0 amide bonds. The van der Waals surface area contributed by atoms with E-state index in [4.69, 9.17) is 13.8 Å². The monoisotopic (exact) mass is 693 g/mol. The maximum Gasteiger partial charge on any atom is 0.227 e. The van der Waals surface area contributed by atoms with Gasteiger partial charge in [0.05, 0.1) is 11.0 Å². The Kier molecular flexibility index (Phi) is 6.79. The molecule has 3 aromatic heterocycles. The Hall–Kier alpha value is -7.37. The second-order valence-electron chi connectivity index (χ2n) is 13.6. The molecule has 5 heteroatoms. The molecule has 5 nitrogen and oxygen atoms in total. The van der Waals surface area contributed by atoms with Gasteiger partial charge in [0.15, 0.2) is 5.58 Å². The normalized spacial score (nSPS) is 11.7. The number of furan rings is 1. The summed E-state index contributed by atoms with van der Waals surface area (Å²) in [5.41, 5.74) is 12.9. The summed E-state index contributed by atoms with van der Waals surface area (Å²) >= 11 is 0. The molecule has 254 valence electrons. The Balaban J connectivity index is 1.07. The number of para-hydroxylation sites is 2. The van der Waals surface area contributed by atoms with Gasteiger partial charge in [-0.05, 0) is 90.0 Å². The molecular weight excluding hydrogens is 663 g/mol. The zero-order chi connectivity index (χ0) is 35.6. The van der Waals surface area contributed by atoms with E-state index in [-0.39, 0.29) is 0 Å². The van der Waals surface area contributed by atoms with E-state index in [0.29, 0.717) is 5.89 Å². The lowest BCUT2D eigenvalue weighted by Crippen LogP contribution is -2.09. The van der Waals surface area contributed by atoms with Crippen molar-refractivity contribution in [1.29, 1.82) is 0 Å². The van der Waals surface area contributed by atoms with Crippen LogP contribution in [0.5, 0.6) is 0 Å². The minimum atomic E-state index is 0.600. The number of rotatable bonds is 6. The fourth-order valence-corrected chi connectivity index (χ4v) is 7.87. The van der Waals surface area contributed by atoms with Crippen LogP contribution in [0, 0.1) is 0 Å². The molecule has 11 aromatic rings. The first-order valence-electron chi connectivity index (χ1n) is 18.1. The summed E-state index contributed by atoms with van der Waals surface area (Å²) in [4.78, 5) is 7.10. The summed E-state index contributed by atoms with van der Waals surface area (Å²) in [5.74, 6) is 0.600. The summed E-state index contributed by atoms with van der Waals surface area (Å²) < 4.78 is 15.2. The van der Waals surface area contributed by atoms with Crippen LogP contribution in [-0.4, -0.2) is 9.55 Å². The van der Waals surface area contributed by atoms with Crippen LogP contribution in [-0.2, 0) is 0 Å². The molecular formula is C49H31N3O2. The standard InChI is InChI=1S/C49H31N3O2/c1-4-12-32(13-5-1)33-20-22-36(23-21-33)51(37-25-27-45-41(28-37)39-18-10-11-19-44(39)52(45)35-16-8-3-9-17-35)38-24-26-40-42-30-48-43(31-47(42)53-46(40)29-38)50-49(54-48)34-14-6-2-7-15-34/h1-31H. The Morgan fingerprint density at radius 1 is 0.389 bits per heavy atom. The minimum absolute atomic E-state index is 0.600. The highest BCUT2D eigenvalue weighted by Crippen LogP contribution is 2.42. The molecule has 0 aliphatic rings. The van der Waals surface area contributed by atoms with E-state index in [2.05, 4.69) is 155 Å². The Bertz CT molecular complexity index is 3140. The van der Waals surface area contributed by atoms with E-state index >= 15 is 0 Å². The van der Waals surface area contributed by atoms with Gasteiger partial charge in [0, 0.05) is 62.0 Å². The smallest absolute Gasteiger partial charge is 0.227 e. The Morgan fingerprint density at radius 3 is 1.80 bits per heavy atom. The third kappa shape index (κ3) is 4.90. The van der Waals surface area contributed by atoms with Gasteiger partial charge >= 0.3 is 0 Å². The largest absolute Gasteiger partial charge is 0.456 e. The molecule has 0 radical (unpaired) electrons. The number of fused-ring (bicyclic) bond motifs is 7. The van der Waals surface area contributed by atoms with Crippen molar-refractivity contribution in [3.05, 3.63) is 188 Å². The van der Waals surface area contributed by atoms with Crippen LogP contribution in [0.2, 0.25) is 0 Å². The quantitative estimate of drug-likeness (QED) is 0.174. The molecule has 3 heterocycles. The Morgan fingerprint density at radius 2 is 1.00 bits per heavy atom. The van der Waals surface area contributed by atoms with Gasteiger partial charge in [-0.3, -0.25) is 0 Å². The van der Waals surface area contributed by atoms with E-state index in [1.165, 1.54) is 27.4 Å². The van der Waals surface area contributed by atoms with Crippen LogP contribution in [0.3, 0.4) is 0 Å². The molecule has 0 saturated carbocycles. The topological polar surface area (TPSA) is 47.3 Å². The van der Waals surface area contributed by atoms with Gasteiger partial charge in [-0.2, -0.15) is 0 Å². The van der Waals surface area contributed by atoms with Crippen molar-refractivity contribution < 1.29 is 8.83 Å². The zero-order valence-corrected chi connectivity index (χ0v) is 29.1. The van der Waals surface area contributed by atoms with E-state index in [1.807, 2.05) is 42.5 Å². The third-order valence-electron chi connectivity index (χ3n) is 10.4. The van der Waals surface area contributed by atoms with Crippen LogP contribution >= 0.6 is 0 Å².